The molecule has 3 heterocycles. The predicted molar refractivity (Wildman–Crippen MR) is 187 cm³/mol. The van der Waals surface area contributed by atoms with Crippen LogP contribution in [0.25, 0.3) is 0 Å². The van der Waals surface area contributed by atoms with E-state index in [1.165, 1.54) is 30.6 Å². The lowest BCUT2D eigenvalue weighted by Gasteiger charge is -2.38. The van der Waals surface area contributed by atoms with Crippen molar-refractivity contribution in [2.75, 3.05) is 13.7 Å². The minimum atomic E-state index is -1.12. The summed E-state index contributed by atoms with van der Waals surface area (Å²) in [6, 6.07) is 3.91. The van der Waals surface area contributed by atoms with Crippen LogP contribution in [0.2, 0.25) is 0 Å². The zero-order chi connectivity index (χ0) is 35.9. The number of fused-ring (bicyclic) bond motifs is 1. The van der Waals surface area contributed by atoms with E-state index in [-0.39, 0.29) is 39.6 Å². The predicted octanol–water partition coefficient (Wildman–Crippen LogP) is 5.02. The second kappa shape index (κ2) is 15.9. The summed E-state index contributed by atoms with van der Waals surface area (Å²) in [5.74, 6) is -1.18. The van der Waals surface area contributed by atoms with E-state index in [9.17, 15) is 24.0 Å². The van der Waals surface area contributed by atoms with Crippen LogP contribution < -0.4 is 15.4 Å². The summed E-state index contributed by atoms with van der Waals surface area (Å²) >= 11 is 0. The van der Waals surface area contributed by atoms with Crippen molar-refractivity contribution in [3.63, 3.8) is 0 Å². The number of hydrogen-bond acceptors (Lipinski definition) is 9. The molecule has 3 amide bonds. The van der Waals surface area contributed by atoms with Crippen LogP contribution in [0.15, 0.2) is 42.9 Å². The van der Waals surface area contributed by atoms with Gasteiger partial charge in [0.2, 0.25) is 11.8 Å². The third kappa shape index (κ3) is 9.21. The van der Waals surface area contributed by atoms with Crippen LogP contribution >= 0.6 is 0 Å². The Bertz CT molecular complexity index is 1510. The number of nitrogens with one attached hydrogen (secondary N) is 2. The number of methoxy groups -OCH3 is 1. The van der Waals surface area contributed by atoms with Gasteiger partial charge in [0.15, 0.2) is 5.78 Å². The van der Waals surface area contributed by atoms with Crippen LogP contribution in [0.3, 0.4) is 0 Å². The van der Waals surface area contributed by atoms with Crippen LogP contribution in [-0.2, 0) is 19.1 Å². The number of aromatic nitrogens is 2. The molecule has 1 saturated heterocycles. The SMILES string of the molecule is CC(C)C.COC(=O)C1CC2(CC(=O)c3ccccc3O2)CN1C(=O)C(NC(=O)[C@@H](NC(=O)c1cnccn1)C1CCCCC1)C(C)(C)C.[HH].[HH]. The van der Waals surface area contributed by atoms with Gasteiger partial charge in [-0.2, -0.15) is 0 Å². The number of para-hydroxylation sites is 1. The summed E-state index contributed by atoms with van der Waals surface area (Å²) in [5.41, 5.74) is -1.37. The molecule has 5 rings (SSSR count). The van der Waals surface area contributed by atoms with Crippen LogP contribution in [0.4, 0.5) is 0 Å². The summed E-state index contributed by atoms with van der Waals surface area (Å²) in [7, 11) is 1.25. The normalized spacial score (nSPS) is 21.8. The molecule has 2 N–H and O–H groups in total. The maximum absolute atomic E-state index is 14.4. The minimum absolute atomic E-state index is 0. The molecular formula is C37H55N5O7. The zero-order valence-electron chi connectivity index (χ0n) is 29.8. The number of ether oxygens (including phenoxy) is 2. The molecule has 270 valence electrons. The van der Waals surface area contributed by atoms with E-state index in [1.54, 1.807) is 24.3 Å². The fraction of sp³-hybridized carbons (Fsp3) is 0.595. The lowest BCUT2D eigenvalue weighted by molar-refractivity contribution is -0.153. The molecule has 2 fully saturated rings. The third-order valence-electron chi connectivity index (χ3n) is 9.04. The molecule has 49 heavy (non-hydrogen) atoms. The number of esters is 1. The van der Waals surface area contributed by atoms with E-state index in [4.69, 9.17) is 9.47 Å². The zero-order valence-corrected chi connectivity index (χ0v) is 29.8. The summed E-state index contributed by atoms with van der Waals surface area (Å²) in [6.07, 6.45) is 8.65. The van der Waals surface area contributed by atoms with Crippen LogP contribution in [-0.4, -0.2) is 81.7 Å². The van der Waals surface area contributed by atoms with Crippen LogP contribution in [0, 0.1) is 17.3 Å². The van der Waals surface area contributed by atoms with E-state index in [0.717, 1.165) is 38.0 Å². The second-order valence-corrected chi connectivity index (χ2v) is 15.1. The van der Waals surface area contributed by atoms with Crippen molar-refractivity contribution in [1.29, 1.82) is 0 Å². The summed E-state index contributed by atoms with van der Waals surface area (Å²) in [5, 5.41) is 5.80. The number of Topliss-reactive ketones (excluding diaryl/α,β-unsaturated/α-hetero) is 1. The second-order valence-electron chi connectivity index (χ2n) is 15.1. The molecule has 1 spiro atoms. The Kier molecular flexibility index (Phi) is 12.2. The third-order valence-corrected chi connectivity index (χ3v) is 9.04. The Morgan fingerprint density at radius 1 is 1.04 bits per heavy atom. The highest BCUT2D eigenvalue weighted by Gasteiger charge is 2.55. The first-order valence-electron chi connectivity index (χ1n) is 17.2. The van der Waals surface area contributed by atoms with Crippen molar-refractivity contribution < 1.29 is 36.3 Å². The highest BCUT2D eigenvalue weighted by Crippen LogP contribution is 2.42. The van der Waals surface area contributed by atoms with Crippen LogP contribution in [0.1, 0.15) is 110 Å². The Hall–Kier alpha value is -4.35. The maximum atomic E-state index is 14.4. The summed E-state index contributed by atoms with van der Waals surface area (Å²) in [4.78, 5) is 77.1. The van der Waals surface area contributed by atoms with E-state index in [0.29, 0.717) is 11.3 Å². The van der Waals surface area contributed by atoms with E-state index in [2.05, 4.69) is 41.4 Å². The van der Waals surface area contributed by atoms with Gasteiger partial charge in [-0.25, -0.2) is 9.78 Å². The molecule has 1 saturated carbocycles. The molecule has 2 aliphatic heterocycles. The van der Waals surface area contributed by atoms with Gasteiger partial charge < -0.3 is 25.0 Å². The molecule has 12 heteroatoms. The van der Waals surface area contributed by atoms with Crippen molar-refractivity contribution in [3.05, 3.63) is 54.1 Å². The minimum Gasteiger partial charge on any atom is -0.484 e. The first-order chi connectivity index (χ1) is 23.2. The van der Waals surface area contributed by atoms with Crippen molar-refractivity contribution in [1.82, 2.24) is 25.5 Å². The molecule has 3 unspecified atom stereocenters. The monoisotopic (exact) mass is 681 g/mol. The molecular weight excluding hydrogens is 626 g/mol. The Balaban J connectivity index is 0.00000143. The number of amides is 3. The van der Waals surface area contributed by atoms with Gasteiger partial charge in [-0.15, -0.1) is 0 Å². The van der Waals surface area contributed by atoms with Gasteiger partial charge in [-0.3, -0.25) is 24.2 Å². The lowest BCUT2D eigenvalue weighted by atomic mass is 9.82. The number of nitrogens with zero attached hydrogens (tertiary/aromatic N) is 3. The molecule has 3 aliphatic rings. The molecule has 12 nitrogen and oxygen atoms in total. The van der Waals surface area contributed by atoms with Gasteiger partial charge in [0.1, 0.15) is 35.2 Å². The van der Waals surface area contributed by atoms with E-state index < -0.39 is 52.8 Å². The number of carbonyl (C=O) groups is 5. The van der Waals surface area contributed by atoms with E-state index in [1.807, 2.05) is 20.8 Å². The largest absolute Gasteiger partial charge is 0.484 e. The molecule has 0 bridgehead atoms. The molecule has 1 aromatic heterocycles. The average Bonchev–Trinajstić information content (AvgIpc) is 3.43. The highest BCUT2D eigenvalue weighted by molar-refractivity contribution is 6.01. The summed E-state index contributed by atoms with van der Waals surface area (Å²) < 4.78 is 11.4. The maximum Gasteiger partial charge on any atom is 0.328 e. The topological polar surface area (TPSA) is 157 Å². The summed E-state index contributed by atoms with van der Waals surface area (Å²) in [6.45, 7) is 11.9. The molecule has 0 radical (unpaired) electrons. The lowest BCUT2D eigenvalue weighted by Crippen LogP contribution is -2.61. The standard InChI is InChI=1S/C33H41N5O7.C4H10.2H2/c1-32(2,3)27(37-29(41)26(20-10-6-5-7-11-20)36-28(40)22-18-34-14-15-35-22)30(42)38-19-33(16-23(38)31(43)44-4)17-24(39)21-12-8-9-13-25(21)45-33;1-4(2)3;;/h8-9,12-15,18,20,23,26-27H,5-7,10-11,16-17,19H2,1-4H3,(H,36,40)(H,37,41);4H,1-3H3;2*1H/t23?,26-,27?,33?;;;/m0.../s1. The fourth-order valence-corrected chi connectivity index (χ4v) is 6.71. The molecule has 1 aliphatic carbocycles. The molecule has 2 aromatic rings. The molecule has 1 aromatic carbocycles. The fourth-order valence-electron chi connectivity index (χ4n) is 6.71. The first-order valence-corrected chi connectivity index (χ1v) is 17.2. The van der Waals surface area contributed by atoms with Gasteiger partial charge in [0, 0.05) is 21.7 Å². The Morgan fingerprint density at radius 3 is 2.33 bits per heavy atom. The van der Waals surface area contributed by atoms with Gasteiger partial charge in [0.05, 0.1) is 31.8 Å². The van der Waals surface area contributed by atoms with E-state index >= 15 is 0 Å². The number of likely N-dealkylation sites (tertiary alicyclic amines) is 1. The number of carbonyl (C=O) groups excluding carboxylic acids is 5. The van der Waals surface area contributed by atoms with Crippen molar-refractivity contribution in [3.8, 4) is 5.75 Å². The van der Waals surface area contributed by atoms with Gasteiger partial charge in [-0.1, -0.05) is 72.9 Å². The number of rotatable bonds is 7. The Labute approximate surface area is 292 Å². The van der Waals surface area contributed by atoms with Crippen molar-refractivity contribution in [2.24, 2.45) is 17.3 Å². The number of ketones is 1. The Morgan fingerprint density at radius 2 is 1.71 bits per heavy atom. The van der Waals surface area contributed by atoms with Gasteiger partial charge in [-0.05, 0) is 42.2 Å². The van der Waals surface area contributed by atoms with Crippen molar-refractivity contribution in [2.45, 2.75) is 110 Å². The smallest absolute Gasteiger partial charge is 0.328 e. The first kappa shape index (κ1) is 37.5. The van der Waals surface area contributed by atoms with Gasteiger partial charge >= 0.3 is 5.97 Å². The average molecular weight is 682 g/mol. The van der Waals surface area contributed by atoms with Crippen molar-refractivity contribution >= 4 is 29.5 Å². The quantitative estimate of drug-likeness (QED) is 0.383. The highest BCUT2D eigenvalue weighted by atomic mass is 16.5. The number of hydrogen-bond donors (Lipinski definition) is 2. The number of benzene rings is 1. The van der Waals surface area contributed by atoms with Gasteiger partial charge in [0.25, 0.3) is 5.91 Å². The van der Waals surface area contributed by atoms with Crippen LogP contribution in [0.5, 0.6) is 5.75 Å². The molecule has 4 atom stereocenters.